The summed E-state index contributed by atoms with van der Waals surface area (Å²) in [6.45, 7) is 5.97. The number of aliphatic hydroxyl groups excluding tert-OH is 1. The molecule has 0 saturated carbocycles. The maximum Gasteiger partial charge on any atom is 0.0845 e. The average molecular weight is 574 g/mol. The SMILES string of the molecule is CC1CCN(C[C@H](O)Cn2c3ccc(I)cc3c3cc(I)ccc32)CC1. The largest absolute Gasteiger partial charge is 0.390 e. The predicted octanol–water partition coefficient (Wildman–Crippen LogP) is 5.10. The van der Waals surface area contributed by atoms with Crippen LogP contribution in [0.1, 0.15) is 19.8 Å². The van der Waals surface area contributed by atoms with Gasteiger partial charge in [0.25, 0.3) is 0 Å². The van der Waals surface area contributed by atoms with Gasteiger partial charge in [-0.3, -0.25) is 0 Å². The Hall–Kier alpha value is -0.380. The lowest BCUT2D eigenvalue weighted by Crippen LogP contribution is -2.39. The van der Waals surface area contributed by atoms with E-state index < -0.39 is 0 Å². The van der Waals surface area contributed by atoms with Crippen molar-refractivity contribution in [1.82, 2.24) is 9.47 Å². The van der Waals surface area contributed by atoms with E-state index in [0.29, 0.717) is 6.54 Å². The highest BCUT2D eigenvalue weighted by Gasteiger charge is 2.20. The zero-order valence-corrected chi connectivity index (χ0v) is 19.3. The highest BCUT2D eigenvalue weighted by Crippen LogP contribution is 2.31. The number of aromatic nitrogens is 1. The number of piperidine rings is 1. The number of halogens is 2. The van der Waals surface area contributed by atoms with Gasteiger partial charge in [-0.15, -0.1) is 0 Å². The van der Waals surface area contributed by atoms with E-state index in [1.807, 2.05) is 0 Å². The standard InChI is InChI=1S/C21H24I2N2O/c1-14-6-8-24(9-7-14)12-17(26)13-25-20-4-2-15(22)10-18(20)19-11-16(23)3-5-21(19)25/h2-5,10-11,14,17,26H,6-9,12-13H2,1H3/t17-/m0/s1. The monoisotopic (exact) mass is 574 g/mol. The van der Waals surface area contributed by atoms with Gasteiger partial charge in [-0.25, -0.2) is 0 Å². The molecule has 0 spiro atoms. The Morgan fingerprint density at radius 3 is 2.04 bits per heavy atom. The first kappa shape index (κ1) is 19.0. The molecule has 2 heterocycles. The van der Waals surface area contributed by atoms with E-state index in [2.05, 4.69) is 98.0 Å². The van der Waals surface area contributed by atoms with Crippen LogP contribution < -0.4 is 0 Å². The molecular weight excluding hydrogens is 550 g/mol. The molecule has 3 aromatic rings. The third kappa shape index (κ3) is 3.91. The summed E-state index contributed by atoms with van der Waals surface area (Å²) >= 11 is 4.75. The van der Waals surface area contributed by atoms with E-state index in [-0.39, 0.29) is 6.10 Å². The summed E-state index contributed by atoms with van der Waals surface area (Å²) in [5.41, 5.74) is 2.43. The first-order valence-electron chi connectivity index (χ1n) is 9.28. The van der Waals surface area contributed by atoms with Gasteiger partial charge in [-0.2, -0.15) is 0 Å². The fraction of sp³-hybridized carbons (Fsp3) is 0.429. The molecule has 1 saturated heterocycles. The molecule has 4 rings (SSSR count). The molecule has 0 aliphatic carbocycles. The smallest absolute Gasteiger partial charge is 0.0845 e. The molecule has 1 aromatic heterocycles. The van der Waals surface area contributed by atoms with Gasteiger partial charge in [-0.05, 0) is 113 Å². The summed E-state index contributed by atoms with van der Waals surface area (Å²) in [6, 6.07) is 13.2. The second-order valence-electron chi connectivity index (χ2n) is 7.57. The van der Waals surface area contributed by atoms with Gasteiger partial charge in [0.05, 0.1) is 12.6 Å². The lowest BCUT2D eigenvalue weighted by Gasteiger charge is -2.31. The van der Waals surface area contributed by atoms with Crippen LogP contribution in [0.15, 0.2) is 36.4 Å². The molecule has 5 heteroatoms. The summed E-state index contributed by atoms with van der Waals surface area (Å²) in [4.78, 5) is 2.42. The number of nitrogens with zero attached hydrogens (tertiary/aromatic N) is 2. The van der Waals surface area contributed by atoms with Crippen LogP contribution >= 0.6 is 45.2 Å². The van der Waals surface area contributed by atoms with Gasteiger partial charge in [0, 0.05) is 35.5 Å². The van der Waals surface area contributed by atoms with Gasteiger partial charge in [0.1, 0.15) is 0 Å². The lowest BCUT2D eigenvalue weighted by molar-refractivity contribution is 0.0817. The summed E-state index contributed by atoms with van der Waals surface area (Å²) in [6.07, 6.45) is 2.15. The van der Waals surface area contributed by atoms with Crippen LogP contribution in [0, 0.1) is 13.1 Å². The van der Waals surface area contributed by atoms with Crippen molar-refractivity contribution < 1.29 is 5.11 Å². The molecule has 1 fully saturated rings. The van der Waals surface area contributed by atoms with Crippen molar-refractivity contribution in [2.45, 2.75) is 32.4 Å². The van der Waals surface area contributed by atoms with E-state index in [9.17, 15) is 5.11 Å². The molecule has 2 aromatic carbocycles. The highest BCUT2D eigenvalue weighted by atomic mass is 127. The van der Waals surface area contributed by atoms with Crippen molar-refractivity contribution >= 4 is 67.0 Å². The van der Waals surface area contributed by atoms with Gasteiger partial charge < -0.3 is 14.6 Å². The van der Waals surface area contributed by atoms with Crippen LogP contribution in [0.2, 0.25) is 0 Å². The van der Waals surface area contributed by atoms with Gasteiger partial charge in [-0.1, -0.05) is 6.92 Å². The maximum absolute atomic E-state index is 10.8. The number of rotatable bonds is 4. The summed E-state index contributed by atoms with van der Waals surface area (Å²) in [7, 11) is 0. The van der Waals surface area contributed by atoms with Crippen LogP contribution in [0.25, 0.3) is 21.8 Å². The number of fused-ring (bicyclic) bond motifs is 3. The quantitative estimate of drug-likeness (QED) is 0.440. The first-order valence-corrected chi connectivity index (χ1v) is 11.4. The Morgan fingerprint density at radius 2 is 1.50 bits per heavy atom. The molecule has 1 N–H and O–H groups in total. The van der Waals surface area contributed by atoms with Crippen molar-refractivity contribution in [3.8, 4) is 0 Å². The average Bonchev–Trinajstić information content (AvgIpc) is 2.89. The third-order valence-electron chi connectivity index (χ3n) is 5.53. The van der Waals surface area contributed by atoms with Crippen molar-refractivity contribution in [3.05, 3.63) is 43.5 Å². The van der Waals surface area contributed by atoms with Gasteiger partial charge >= 0.3 is 0 Å². The number of hydrogen-bond donors (Lipinski definition) is 1. The molecule has 1 aliphatic rings. The minimum absolute atomic E-state index is 0.347. The molecule has 1 atom stereocenters. The normalized spacial score (nSPS) is 18.0. The Bertz CT molecular complexity index is 869. The molecular formula is C21H24I2N2O. The summed E-state index contributed by atoms with van der Waals surface area (Å²) in [5, 5.41) is 13.4. The summed E-state index contributed by atoms with van der Waals surface area (Å²) < 4.78 is 4.79. The van der Waals surface area contributed by atoms with E-state index in [4.69, 9.17) is 0 Å². The number of benzene rings is 2. The van der Waals surface area contributed by atoms with Crippen LogP contribution in [0.3, 0.4) is 0 Å². The summed E-state index contributed by atoms with van der Waals surface area (Å²) in [5.74, 6) is 0.825. The molecule has 3 nitrogen and oxygen atoms in total. The van der Waals surface area contributed by atoms with E-state index in [0.717, 1.165) is 25.6 Å². The van der Waals surface area contributed by atoms with E-state index in [1.165, 1.54) is 41.8 Å². The van der Waals surface area contributed by atoms with Crippen LogP contribution in [-0.4, -0.2) is 40.3 Å². The number of β-amino-alcohol motifs (C(OH)–C–C–N with tert-alkyl or cyclic N) is 1. The number of hydrogen-bond acceptors (Lipinski definition) is 2. The fourth-order valence-electron chi connectivity index (χ4n) is 4.06. The van der Waals surface area contributed by atoms with E-state index in [1.54, 1.807) is 0 Å². The van der Waals surface area contributed by atoms with Crippen LogP contribution in [-0.2, 0) is 6.54 Å². The molecule has 26 heavy (non-hydrogen) atoms. The van der Waals surface area contributed by atoms with Crippen molar-refractivity contribution in [1.29, 1.82) is 0 Å². The fourth-order valence-corrected chi connectivity index (χ4v) is 5.04. The van der Waals surface area contributed by atoms with E-state index >= 15 is 0 Å². The number of likely N-dealkylation sites (tertiary alicyclic amines) is 1. The molecule has 0 bridgehead atoms. The minimum Gasteiger partial charge on any atom is -0.390 e. The molecule has 0 radical (unpaired) electrons. The predicted molar refractivity (Wildman–Crippen MR) is 126 cm³/mol. The van der Waals surface area contributed by atoms with Gasteiger partial charge in [0.15, 0.2) is 0 Å². The second-order valence-corrected chi connectivity index (χ2v) is 10.1. The minimum atomic E-state index is -0.347. The zero-order chi connectivity index (χ0) is 18.3. The first-order chi connectivity index (χ1) is 12.5. The van der Waals surface area contributed by atoms with Crippen molar-refractivity contribution in [2.75, 3.05) is 19.6 Å². The molecule has 0 unspecified atom stereocenters. The number of aliphatic hydroxyl groups is 1. The van der Waals surface area contributed by atoms with Crippen LogP contribution in [0.5, 0.6) is 0 Å². The Kier molecular flexibility index (Phi) is 5.78. The highest BCUT2D eigenvalue weighted by molar-refractivity contribution is 14.1. The van der Waals surface area contributed by atoms with Crippen molar-refractivity contribution in [2.24, 2.45) is 5.92 Å². The zero-order valence-electron chi connectivity index (χ0n) is 15.0. The third-order valence-corrected chi connectivity index (χ3v) is 6.87. The molecule has 1 aliphatic heterocycles. The Morgan fingerprint density at radius 1 is 0.962 bits per heavy atom. The topological polar surface area (TPSA) is 28.4 Å². The van der Waals surface area contributed by atoms with Crippen LogP contribution in [0.4, 0.5) is 0 Å². The molecule has 0 amide bonds. The molecule has 138 valence electrons. The lowest BCUT2D eigenvalue weighted by atomic mass is 9.99. The maximum atomic E-state index is 10.8. The van der Waals surface area contributed by atoms with Gasteiger partial charge in [0.2, 0.25) is 0 Å². The Balaban J connectivity index is 1.64. The Labute approximate surface area is 182 Å². The van der Waals surface area contributed by atoms with Crippen molar-refractivity contribution in [3.63, 3.8) is 0 Å². The second kappa shape index (κ2) is 7.93.